The largest absolute Gasteiger partial charge is 0.467 e. The molecule has 0 saturated carbocycles. The standard InChI is InChI=1S/C16H18F2N2O3/c1-2-13(11-6-5-10(17)8-12(11)18)20-16(22)19-9-14(21)15-4-3-7-23-15/h3-8,13-14,21H,2,9H2,1H3,(H2,19,20,22). The first-order valence-corrected chi connectivity index (χ1v) is 7.22. The molecule has 0 radical (unpaired) electrons. The van der Waals surface area contributed by atoms with Crippen LogP contribution in [0, 0.1) is 11.6 Å². The lowest BCUT2D eigenvalue weighted by atomic mass is 10.0. The van der Waals surface area contributed by atoms with Crippen molar-refractivity contribution < 1.29 is 23.1 Å². The molecule has 124 valence electrons. The Kier molecular flexibility index (Phi) is 5.70. The van der Waals surface area contributed by atoms with E-state index < -0.39 is 29.8 Å². The predicted molar refractivity (Wildman–Crippen MR) is 79.6 cm³/mol. The van der Waals surface area contributed by atoms with Crippen molar-refractivity contribution in [3.63, 3.8) is 0 Å². The van der Waals surface area contributed by atoms with Crippen LogP contribution in [0.1, 0.15) is 36.8 Å². The number of benzene rings is 1. The number of rotatable bonds is 6. The van der Waals surface area contributed by atoms with Gasteiger partial charge in [-0.2, -0.15) is 0 Å². The van der Waals surface area contributed by atoms with Gasteiger partial charge >= 0.3 is 6.03 Å². The third kappa shape index (κ3) is 4.53. The lowest BCUT2D eigenvalue weighted by molar-refractivity contribution is 0.147. The molecule has 1 heterocycles. The molecule has 2 unspecified atom stereocenters. The summed E-state index contributed by atoms with van der Waals surface area (Å²) in [6, 6.07) is 5.27. The van der Waals surface area contributed by atoms with Crippen molar-refractivity contribution in [1.29, 1.82) is 0 Å². The Labute approximate surface area is 132 Å². The average molecular weight is 324 g/mol. The van der Waals surface area contributed by atoms with Crippen molar-refractivity contribution in [3.8, 4) is 0 Å². The number of halogens is 2. The molecule has 0 aliphatic heterocycles. The van der Waals surface area contributed by atoms with Gasteiger partial charge in [-0.05, 0) is 24.6 Å². The zero-order valence-corrected chi connectivity index (χ0v) is 12.6. The van der Waals surface area contributed by atoms with E-state index in [0.717, 1.165) is 12.1 Å². The number of carbonyl (C=O) groups excluding carboxylic acids is 1. The van der Waals surface area contributed by atoms with Crippen molar-refractivity contribution in [3.05, 3.63) is 59.6 Å². The first-order chi connectivity index (χ1) is 11.0. The first-order valence-electron chi connectivity index (χ1n) is 7.22. The Morgan fingerprint density at radius 3 is 2.74 bits per heavy atom. The maximum atomic E-state index is 13.8. The molecule has 5 nitrogen and oxygen atoms in total. The molecule has 3 N–H and O–H groups in total. The second-order valence-corrected chi connectivity index (χ2v) is 5.01. The molecular weight excluding hydrogens is 306 g/mol. The van der Waals surface area contributed by atoms with E-state index in [1.807, 2.05) is 0 Å². The molecular formula is C16H18F2N2O3. The molecule has 0 fully saturated rings. The lowest BCUT2D eigenvalue weighted by Crippen LogP contribution is -2.39. The van der Waals surface area contributed by atoms with Crippen LogP contribution in [0.5, 0.6) is 0 Å². The van der Waals surface area contributed by atoms with Gasteiger partial charge < -0.3 is 20.2 Å². The van der Waals surface area contributed by atoms with E-state index in [1.165, 1.54) is 12.3 Å². The summed E-state index contributed by atoms with van der Waals surface area (Å²) in [7, 11) is 0. The fourth-order valence-electron chi connectivity index (χ4n) is 2.16. The van der Waals surface area contributed by atoms with E-state index in [9.17, 15) is 18.7 Å². The van der Waals surface area contributed by atoms with Crippen molar-refractivity contribution in [2.75, 3.05) is 6.54 Å². The quantitative estimate of drug-likeness (QED) is 0.764. The minimum absolute atomic E-state index is 0.0539. The van der Waals surface area contributed by atoms with Crippen LogP contribution in [-0.4, -0.2) is 17.7 Å². The number of carbonyl (C=O) groups is 1. The van der Waals surface area contributed by atoms with Crippen LogP contribution in [-0.2, 0) is 0 Å². The third-order valence-corrected chi connectivity index (χ3v) is 3.38. The van der Waals surface area contributed by atoms with Gasteiger partial charge in [0.2, 0.25) is 0 Å². The maximum Gasteiger partial charge on any atom is 0.315 e. The van der Waals surface area contributed by atoms with Gasteiger partial charge in [0.15, 0.2) is 0 Å². The second-order valence-electron chi connectivity index (χ2n) is 5.01. The summed E-state index contributed by atoms with van der Waals surface area (Å²) in [5, 5.41) is 14.9. The lowest BCUT2D eigenvalue weighted by Gasteiger charge is -2.19. The van der Waals surface area contributed by atoms with Crippen LogP contribution in [0.4, 0.5) is 13.6 Å². The van der Waals surface area contributed by atoms with Crippen molar-refractivity contribution in [2.45, 2.75) is 25.5 Å². The summed E-state index contributed by atoms with van der Waals surface area (Å²) >= 11 is 0. The summed E-state index contributed by atoms with van der Waals surface area (Å²) in [4.78, 5) is 11.9. The van der Waals surface area contributed by atoms with Gasteiger partial charge in [0, 0.05) is 11.6 Å². The highest BCUT2D eigenvalue weighted by Crippen LogP contribution is 2.20. The Balaban J connectivity index is 1.92. The minimum Gasteiger partial charge on any atom is -0.467 e. The molecule has 0 saturated heterocycles. The third-order valence-electron chi connectivity index (χ3n) is 3.38. The topological polar surface area (TPSA) is 74.5 Å². The van der Waals surface area contributed by atoms with Crippen molar-refractivity contribution in [2.24, 2.45) is 0 Å². The van der Waals surface area contributed by atoms with E-state index in [0.29, 0.717) is 12.2 Å². The number of amides is 2. The molecule has 2 rings (SSSR count). The number of aliphatic hydroxyl groups excluding tert-OH is 1. The number of aliphatic hydroxyl groups is 1. The Morgan fingerprint density at radius 1 is 1.35 bits per heavy atom. The number of urea groups is 1. The Morgan fingerprint density at radius 2 is 2.13 bits per heavy atom. The minimum atomic E-state index is -0.974. The molecule has 2 aromatic rings. The fourth-order valence-corrected chi connectivity index (χ4v) is 2.16. The summed E-state index contributed by atoms with van der Waals surface area (Å²) in [5.41, 5.74) is 0.204. The van der Waals surface area contributed by atoms with Crippen LogP contribution >= 0.6 is 0 Å². The number of hydrogen-bond donors (Lipinski definition) is 3. The first kappa shape index (κ1) is 17.0. The maximum absolute atomic E-state index is 13.8. The van der Waals surface area contributed by atoms with Gasteiger partial charge in [0.05, 0.1) is 18.8 Å². The van der Waals surface area contributed by atoms with Gasteiger partial charge in [-0.1, -0.05) is 13.0 Å². The smallest absolute Gasteiger partial charge is 0.315 e. The van der Waals surface area contributed by atoms with E-state index in [-0.39, 0.29) is 12.1 Å². The number of nitrogens with one attached hydrogen (secondary N) is 2. The molecule has 23 heavy (non-hydrogen) atoms. The van der Waals surface area contributed by atoms with Crippen LogP contribution in [0.25, 0.3) is 0 Å². The molecule has 1 aromatic carbocycles. The van der Waals surface area contributed by atoms with Gasteiger partial charge in [-0.3, -0.25) is 0 Å². The molecule has 2 atom stereocenters. The van der Waals surface area contributed by atoms with Crippen molar-refractivity contribution >= 4 is 6.03 Å². The zero-order valence-electron chi connectivity index (χ0n) is 12.6. The fraction of sp³-hybridized carbons (Fsp3) is 0.312. The van der Waals surface area contributed by atoms with Crippen LogP contribution in [0.15, 0.2) is 41.0 Å². The van der Waals surface area contributed by atoms with Gasteiger partial charge in [0.25, 0.3) is 0 Å². The zero-order chi connectivity index (χ0) is 16.8. The monoisotopic (exact) mass is 324 g/mol. The molecule has 7 heteroatoms. The molecule has 1 aromatic heterocycles. The highest BCUT2D eigenvalue weighted by atomic mass is 19.1. The SMILES string of the molecule is CCC(NC(=O)NCC(O)c1ccco1)c1ccc(F)cc1F. The normalized spacial score (nSPS) is 13.4. The molecule has 0 aliphatic rings. The van der Waals surface area contributed by atoms with Crippen molar-refractivity contribution in [1.82, 2.24) is 10.6 Å². The molecule has 0 bridgehead atoms. The van der Waals surface area contributed by atoms with Crippen LogP contribution in [0.3, 0.4) is 0 Å². The Hall–Kier alpha value is -2.41. The molecule has 2 amide bonds. The highest BCUT2D eigenvalue weighted by molar-refractivity contribution is 5.74. The summed E-state index contributed by atoms with van der Waals surface area (Å²) in [6.07, 6.45) is 0.873. The van der Waals surface area contributed by atoms with Gasteiger partial charge in [0.1, 0.15) is 23.5 Å². The predicted octanol–water partition coefficient (Wildman–Crippen LogP) is 3.04. The van der Waals surface area contributed by atoms with E-state index in [2.05, 4.69) is 10.6 Å². The molecule has 0 aliphatic carbocycles. The summed E-state index contributed by atoms with van der Waals surface area (Å²) < 4.78 is 31.7. The highest BCUT2D eigenvalue weighted by Gasteiger charge is 2.18. The van der Waals surface area contributed by atoms with Crippen LogP contribution < -0.4 is 10.6 Å². The summed E-state index contributed by atoms with van der Waals surface area (Å²) in [5.74, 6) is -1.05. The van der Waals surface area contributed by atoms with E-state index in [1.54, 1.807) is 19.1 Å². The van der Waals surface area contributed by atoms with Gasteiger partial charge in [-0.15, -0.1) is 0 Å². The number of hydrogen-bond acceptors (Lipinski definition) is 3. The Bertz CT molecular complexity index is 647. The second kappa shape index (κ2) is 7.73. The van der Waals surface area contributed by atoms with E-state index >= 15 is 0 Å². The summed E-state index contributed by atoms with van der Waals surface area (Å²) in [6.45, 7) is 1.72. The van der Waals surface area contributed by atoms with Gasteiger partial charge in [-0.25, -0.2) is 13.6 Å². The van der Waals surface area contributed by atoms with E-state index in [4.69, 9.17) is 4.42 Å². The number of furan rings is 1. The average Bonchev–Trinajstić information content (AvgIpc) is 3.05. The molecule has 0 spiro atoms. The van der Waals surface area contributed by atoms with Crippen LogP contribution in [0.2, 0.25) is 0 Å².